The number of furan rings is 1. The van der Waals surface area contributed by atoms with Crippen LogP contribution in [0, 0.1) is 6.92 Å². The molecule has 0 fully saturated rings. The molecule has 0 aliphatic carbocycles. The van der Waals surface area contributed by atoms with Crippen LogP contribution in [-0.2, 0) is 6.18 Å². The molecule has 0 atom stereocenters. The highest BCUT2D eigenvalue weighted by Gasteiger charge is 2.35. The third-order valence-corrected chi connectivity index (χ3v) is 2.08. The van der Waals surface area contributed by atoms with Gasteiger partial charge in [-0.1, -0.05) is 0 Å². The van der Waals surface area contributed by atoms with E-state index in [-0.39, 0.29) is 5.56 Å². The van der Waals surface area contributed by atoms with Crippen molar-refractivity contribution < 1.29 is 22.4 Å². The summed E-state index contributed by atoms with van der Waals surface area (Å²) in [6.07, 6.45) is -3.34. The number of aromatic nitrogens is 3. The summed E-state index contributed by atoms with van der Waals surface area (Å²) in [5.41, 5.74) is 0.202. The number of amides is 1. The van der Waals surface area contributed by atoms with Crippen LogP contribution in [0.3, 0.4) is 0 Å². The molecule has 2 aromatic rings. The minimum absolute atomic E-state index is 0.202. The molecule has 0 saturated carbocycles. The number of rotatable bonds is 2. The van der Waals surface area contributed by atoms with Crippen LogP contribution in [0.25, 0.3) is 0 Å². The number of aryl methyl sites for hydroxylation is 1. The van der Waals surface area contributed by atoms with E-state index in [2.05, 4.69) is 15.4 Å². The van der Waals surface area contributed by atoms with Crippen molar-refractivity contribution in [3.63, 3.8) is 0 Å². The number of H-pyrrole nitrogens is 1. The molecule has 0 aliphatic heterocycles. The van der Waals surface area contributed by atoms with E-state index in [1.54, 1.807) is 12.0 Å². The molecule has 0 spiro atoms. The highest BCUT2D eigenvalue weighted by atomic mass is 19.4. The fourth-order valence-electron chi connectivity index (χ4n) is 1.23. The first-order valence-corrected chi connectivity index (χ1v) is 4.73. The number of hydrogen-bond donors (Lipinski definition) is 2. The molecule has 2 rings (SSSR count). The number of nitrogens with one attached hydrogen (secondary N) is 2. The van der Waals surface area contributed by atoms with Gasteiger partial charge in [-0.15, -0.1) is 5.10 Å². The summed E-state index contributed by atoms with van der Waals surface area (Å²) >= 11 is 0. The molecule has 2 heterocycles. The van der Waals surface area contributed by atoms with Crippen LogP contribution in [-0.4, -0.2) is 21.1 Å². The summed E-state index contributed by atoms with van der Waals surface area (Å²) in [5.74, 6) is -2.03. The van der Waals surface area contributed by atoms with Crippen molar-refractivity contribution in [2.45, 2.75) is 13.1 Å². The zero-order valence-corrected chi connectivity index (χ0v) is 9.00. The lowest BCUT2D eigenvalue weighted by Crippen LogP contribution is -2.13. The van der Waals surface area contributed by atoms with Gasteiger partial charge in [0.1, 0.15) is 5.76 Å². The Morgan fingerprint density at radius 1 is 1.50 bits per heavy atom. The van der Waals surface area contributed by atoms with E-state index in [9.17, 15) is 18.0 Å². The minimum Gasteiger partial charge on any atom is -0.469 e. The van der Waals surface area contributed by atoms with Crippen LogP contribution in [0.15, 0.2) is 16.7 Å². The number of nitrogens with zero attached hydrogens (tertiary/aromatic N) is 2. The van der Waals surface area contributed by atoms with Crippen molar-refractivity contribution in [3.05, 3.63) is 29.5 Å². The van der Waals surface area contributed by atoms with E-state index in [4.69, 9.17) is 4.42 Å². The van der Waals surface area contributed by atoms with Crippen LogP contribution in [0.4, 0.5) is 19.1 Å². The molecule has 2 N–H and O–H groups in total. The van der Waals surface area contributed by atoms with Crippen molar-refractivity contribution >= 4 is 11.9 Å². The van der Waals surface area contributed by atoms with Gasteiger partial charge >= 0.3 is 6.18 Å². The average Bonchev–Trinajstić information content (AvgIpc) is 2.85. The van der Waals surface area contributed by atoms with Gasteiger partial charge in [-0.25, -0.2) is 0 Å². The molecule has 0 bridgehead atoms. The molecule has 2 aromatic heterocycles. The Morgan fingerprint density at radius 3 is 2.72 bits per heavy atom. The second-order valence-electron chi connectivity index (χ2n) is 3.35. The largest absolute Gasteiger partial charge is 0.469 e. The Bertz CT molecular complexity index is 572. The maximum absolute atomic E-state index is 12.2. The van der Waals surface area contributed by atoms with Gasteiger partial charge < -0.3 is 4.42 Å². The Labute approximate surface area is 98.2 Å². The van der Waals surface area contributed by atoms with Gasteiger partial charge in [-0.2, -0.15) is 18.2 Å². The van der Waals surface area contributed by atoms with Gasteiger partial charge in [-0.05, 0) is 13.0 Å². The van der Waals surface area contributed by atoms with Gasteiger partial charge in [0, 0.05) is 0 Å². The van der Waals surface area contributed by atoms with Crippen molar-refractivity contribution in [1.29, 1.82) is 0 Å². The lowest BCUT2D eigenvalue weighted by molar-refractivity contribution is -0.144. The standard InChI is InChI=1S/C9H7F3N4O2/c1-4-5(2-3-18-4)6(17)13-8-14-7(15-16-8)9(10,11)12/h2-3H,1H3,(H2,13,14,15,16,17). The SMILES string of the molecule is Cc1occc1C(=O)Nc1n[nH]c(C(F)(F)F)n1. The summed E-state index contributed by atoms with van der Waals surface area (Å²) in [6, 6.07) is 1.39. The van der Waals surface area contributed by atoms with Crippen LogP contribution >= 0.6 is 0 Å². The highest BCUT2D eigenvalue weighted by molar-refractivity contribution is 6.03. The molecular formula is C9H7F3N4O2. The van der Waals surface area contributed by atoms with Gasteiger partial charge in [0.2, 0.25) is 11.8 Å². The highest BCUT2D eigenvalue weighted by Crippen LogP contribution is 2.26. The molecule has 0 radical (unpaired) electrons. The summed E-state index contributed by atoms with van der Waals surface area (Å²) in [7, 11) is 0. The second kappa shape index (κ2) is 4.17. The van der Waals surface area contributed by atoms with Gasteiger partial charge in [-0.3, -0.25) is 15.2 Å². The number of anilines is 1. The Morgan fingerprint density at radius 2 is 2.22 bits per heavy atom. The molecule has 0 aliphatic rings. The maximum atomic E-state index is 12.2. The Balaban J connectivity index is 2.13. The molecule has 18 heavy (non-hydrogen) atoms. The quantitative estimate of drug-likeness (QED) is 0.864. The first-order chi connectivity index (χ1) is 8.38. The number of hydrogen-bond acceptors (Lipinski definition) is 4. The molecule has 0 aromatic carbocycles. The summed E-state index contributed by atoms with van der Waals surface area (Å²) in [5, 5.41) is 7.06. The lowest BCUT2D eigenvalue weighted by Gasteiger charge is -1.99. The third kappa shape index (κ3) is 2.34. The topological polar surface area (TPSA) is 83.8 Å². The normalized spacial score (nSPS) is 11.6. The maximum Gasteiger partial charge on any atom is 0.451 e. The number of halogens is 3. The van der Waals surface area contributed by atoms with Crippen molar-refractivity contribution in [3.8, 4) is 0 Å². The van der Waals surface area contributed by atoms with Crippen molar-refractivity contribution in [1.82, 2.24) is 15.2 Å². The first kappa shape index (κ1) is 12.1. The monoisotopic (exact) mass is 260 g/mol. The van der Waals surface area contributed by atoms with Gasteiger partial charge in [0.25, 0.3) is 5.91 Å². The summed E-state index contributed by atoms with van der Waals surface area (Å²) in [4.78, 5) is 14.7. The zero-order valence-electron chi connectivity index (χ0n) is 9.00. The Kier molecular flexibility index (Phi) is 2.81. The van der Waals surface area contributed by atoms with Crippen molar-refractivity contribution in [2.24, 2.45) is 0 Å². The second-order valence-corrected chi connectivity index (χ2v) is 3.35. The molecule has 96 valence electrons. The van der Waals surface area contributed by atoms with Crippen LogP contribution in [0.5, 0.6) is 0 Å². The lowest BCUT2D eigenvalue weighted by atomic mass is 10.2. The van der Waals surface area contributed by atoms with Crippen LogP contribution < -0.4 is 5.32 Å². The molecule has 6 nitrogen and oxygen atoms in total. The van der Waals surface area contributed by atoms with Gasteiger partial charge in [0.15, 0.2) is 0 Å². The van der Waals surface area contributed by atoms with Crippen LogP contribution in [0.1, 0.15) is 21.9 Å². The number of alkyl halides is 3. The first-order valence-electron chi connectivity index (χ1n) is 4.73. The zero-order chi connectivity index (χ0) is 13.3. The van der Waals surface area contributed by atoms with E-state index >= 15 is 0 Å². The summed E-state index contributed by atoms with van der Waals surface area (Å²) < 4.78 is 41.5. The molecule has 9 heteroatoms. The molecule has 0 unspecified atom stereocenters. The minimum atomic E-state index is -4.64. The number of carbonyl (C=O) groups excluding carboxylic acids is 1. The number of aromatic amines is 1. The molecular weight excluding hydrogens is 253 g/mol. The fourth-order valence-corrected chi connectivity index (χ4v) is 1.23. The average molecular weight is 260 g/mol. The van der Waals surface area contributed by atoms with E-state index in [0.717, 1.165) is 0 Å². The van der Waals surface area contributed by atoms with Gasteiger partial charge in [0.05, 0.1) is 11.8 Å². The molecule has 0 saturated heterocycles. The third-order valence-electron chi connectivity index (χ3n) is 2.08. The van der Waals surface area contributed by atoms with E-state index < -0.39 is 23.9 Å². The fraction of sp³-hybridized carbons (Fsp3) is 0.222. The smallest absolute Gasteiger partial charge is 0.451 e. The number of carbonyl (C=O) groups is 1. The van der Waals surface area contributed by atoms with E-state index in [1.807, 2.05) is 0 Å². The summed E-state index contributed by atoms with van der Waals surface area (Å²) in [6.45, 7) is 1.55. The predicted molar refractivity (Wildman–Crippen MR) is 52.8 cm³/mol. The van der Waals surface area contributed by atoms with Crippen molar-refractivity contribution in [2.75, 3.05) is 5.32 Å². The predicted octanol–water partition coefficient (Wildman–Crippen LogP) is 1.98. The van der Waals surface area contributed by atoms with Crippen LogP contribution in [0.2, 0.25) is 0 Å². The van der Waals surface area contributed by atoms with E-state index in [1.165, 1.54) is 12.3 Å². The Hall–Kier alpha value is -2.32. The molecule has 1 amide bonds. The van der Waals surface area contributed by atoms with E-state index in [0.29, 0.717) is 5.76 Å².